The van der Waals surface area contributed by atoms with Gasteiger partial charge in [0.1, 0.15) is 0 Å². The zero-order chi connectivity index (χ0) is 10.3. The minimum atomic E-state index is 0.458. The summed E-state index contributed by atoms with van der Waals surface area (Å²) in [7, 11) is 0. The predicted molar refractivity (Wildman–Crippen MR) is 61.7 cm³/mol. The van der Waals surface area contributed by atoms with Gasteiger partial charge in [-0.25, -0.2) is 0 Å². The first-order valence-corrected chi connectivity index (χ1v) is 4.77. The Balaban J connectivity index is 4.20. The van der Waals surface area contributed by atoms with E-state index >= 15 is 0 Å². The van der Waals surface area contributed by atoms with E-state index in [0.717, 1.165) is 6.42 Å². The van der Waals surface area contributed by atoms with Crippen LogP contribution in [-0.4, -0.2) is 0 Å². The second kappa shape index (κ2) is 6.47. The van der Waals surface area contributed by atoms with Gasteiger partial charge in [-0.05, 0) is 24.8 Å². The van der Waals surface area contributed by atoms with Crippen LogP contribution < -0.4 is 0 Å². The summed E-state index contributed by atoms with van der Waals surface area (Å²) in [5.41, 5.74) is 2.46. The first-order valence-electron chi connectivity index (χ1n) is 4.77. The van der Waals surface area contributed by atoms with E-state index in [1.54, 1.807) is 0 Å². The molecule has 1 unspecified atom stereocenters. The van der Waals surface area contributed by atoms with Crippen LogP contribution in [0.4, 0.5) is 0 Å². The van der Waals surface area contributed by atoms with Gasteiger partial charge in [0.05, 0.1) is 0 Å². The van der Waals surface area contributed by atoms with Crippen LogP contribution in [0, 0.1) is 5.92 Å². The standard InChI is InChI=1S/C13H20/c1-6-13(7-2)10-8-9-12(5)11(3)4/h6,8-10,12H,1,3,7H2,2,4-5H3/b9-8?,13-10+. The molecule has 0 spiro atoms. The van der Waals surface area contributed by atoms with Gasteiger partial charge in [-0.1, -0.05) is 56.9 Å². The van der Waals surface area contributed by atoms with Crippen molar-refractivity contribution in [3.05, 3.63) is 48.6 Å². The van der Waals surface area contributed by atoms with Gasteiger partial charge in [0.2, 0.25) is 0 Å². The highest BCUT2D eigenvalue weighted by Gasteiger charge is 1.93. The highest BCUT2D eigenvalue weighted by atomic mass is 14.0. The van der Waals surface area contributed by atoms with Crippen molar-refractivity contribution in [2.45, 2.75) is 27.2 Å². The molecule has 0 radical (unpaired) electrons. The fourth-order valence-electron chi connectivity index (χ4n) is 0.840. The summed E-state index contributed by atoms with van der Waals surface area (Å²) in [6, 6.07) is 0. The Bertz CT molecular complexity index is 228. The van der Waals surface area contributed by atoms with Gasteiger partial charge in [0, 0.05) is 0 Å². The van der Waals surface area contributed by atoms with Crippen molar-refractivity contribution in [2.75, 3.05) is 0 Å². The van der Waals surface area contributed by atoms with Gasteiger partial charge in [0.15, 0.2) is 0 Å². The lowest BCUT2D eigenvalue weighted by atomic mass is 10.0. The van der Waals surface area contributed by atoms with Gasteiger partial charge >= 0.3 is 0 Å². The van der Waals surface area contributed by atoms with E-state index in [2.05, 4.69) is 45.2 Å². The zero-order valence-electron chi connectivity index (χ0n) is 9.01. The lowest BCUT2D eigenvalue weighted by molar-refractivity contribution is 0.868. The van der Waals surface area contributed by atoms with Crippen LogP contribution in [-0.2, 0) is 0 Å². The number of hydrogen-bond donors (Lipinski definition) is 0. The Morgan fingerprint density at radius 1 is 1.46 bits per heavy atom. The lowest BCUT2D eigenvalue weighted by Crippen LogP contribution is -1.87. The molecule has 0 heterocycles. The molecule has 0 nitrogen and oxygen atoms in total. The van der Waals surface area contributed by atoms with Crippen LogP contribution in [0.1, 0.15) is 27.2 Å². The van der Waals surface area contributed by atoms with Gasteiger partial charge < -0.3 is 0 Å². The molecule has 72 valence electrons. The van der Waals surface area contributed by atoms with Crippen LogP contribution in [0.2, 0.25) is 0 Å². The van der Waals surface area contributed by atoms with Crippen LogP contribution in [0.3, 0.4) is 0 Å². The Hall–Kier alpha value is -1.04. The van der Waals surface area contributed by atoms with Crippen LogP contribution >= 0.6 is 0 Å². The molecule has 1 atom stereocenters. The lowest BCUT2D eigenvalue weighted by Gasteiger charge is -2.02. The molecule has 0 N–H and O–H groups in total. The molecular formula is C13H20. The van der Waals surface area contributed by atoms with E-state index in [0.29, 0.717) is 5.92 Å². The Labute approximate surface area is 82.4 Å². The molecule has 0 aromatic rings. The zero-order valence-corrected chi connectivity index (χ0v) is 9.01. The minimum absolute atomic E-state index is 0.458. The van der Waals surface area contributed by atoms with Gasteiger partial charge in [-0.2, -0.15) is 0 Å². The number of hydrogen-bond acceptors (Lipinski definition) is 0. The Kier molecular flexibility index (Phi) is 5.96. The average molecular weight is 176 g/mol. The van der Waals surface area contributed by atoms with E-state index in [4.69, 9.17) is 0 Å². The maximum absolute atomic E-state index is 3.90. The molecule has 0 saturated heterocycles. The van der Waals surface area contributed by atoms with Gasteiger partial charge in [0.25, 0.3) is 0 Å². The molecule has 0 aliphatic heterocycles. The highest BCUT2D eigenvalue weighted by Crippen LogP contribution is 2.09. The second-order valence-electron chi connectivity index (χ2n) is 3.32. The first-order chi connectivity index (χ1) is 6.11. The fourth-order valence-corrected chi connectivity index (χ4v) is 0.840. The first kappa shape index (κ1) is 12.0. The topological polar surface area (TPSA) is 0 Å². The van der Waals surface area contributed by atoms with Crippen molar-refractivity contribution in [2.24, 2.45) is 5.92 Å². The Morgan fingerprint density at radius 3 is 2.46 bits per heavy atom. The third-order valence-electron chi connectivity index (χ3n) is 2.16. The van der Waals surface area contributed by atoms with E-state index in [1.807, 2.05) is 13.0 Å². The van der Waals surface area contributed by atoms with Crippen molar-refractivity contribution in [1.29, 1.82) is 0 Å². The molecule has 0 fully saturated rings. The van der Waals surface area contributed by atoms with E-state index in [9.17, 15) is 0 Å². The maximum atomic E-state index is 3.90. The quantitative estimate of drug-likeness (QED) is 0.433. The molecule has 0 aliphatic rings. The van der Waals surface area contributed by atoms with Gasteiger partial charge in [-0.3, -0.25) is 0 Å². The molecule has 0 aliphatic carbocycles. The molecule has 0 saturated carbocycles. The third kappa shape index (κ3) is 5.24. The van der Waals surface area contributed by atoms with Crippen molar-refractivity contribution in [3.63, 3.8) is 0 Å². The summed E-state index contributed by atoms with van der Waals surface area (Å²) >= 11 is 0. The molecular weight excluding hydrogens is 156 g/mol. The van der Waals surface area contributed by atoms with Crippen molar-refractivity contribution in [1.82, 2.24) is 0 Å². The third-order valence-corrected chi connectivity index (χ3v) is 2.16. The molecule has 0 aromatic heterocycles. The summed E-state index contributed by atoms with van der Waals surface area (Å²) < 4.78 is 0. The monoisotopic (exact) mass is 176 g/mol. The predicted octanol–water partition coefficient (Wildman–Crippen LogP) is 4.28. The Morgan fingerprint density at radius 2 is 2.08 bits per heavy atom. The van der Waals surface area contributed by atoms with Crippen molar-refractivity contribution >= 4 is 0 Å². The van der Waals surface area contributed by atoms with Crippen molar-refractivity contribution < 1.29 is 0 Å². The average Bonchev–Trinajstić information content (AvgIpc) is 2.12. The summed E-state index contributed by atoms with van der Waals surface area (Å²) in [4.78, 5) is 0. The molecule has 0 bridgehead atoms. The summed E-state index contributed by atoms with van der Waals surface area (Å²) in [6.07, 6.45) is 9.28. The van der Waals surface area contributed by atoms with Crippen molar-refractivity contribution in [3.8, 4) is 0 Å². The molecule has 0 amide bonds. The minimum Gasteiger partial charge on any atom is -0.0996 e. The highest BCUT2D eigenvalue weighted by molar-refractivity contribution is 5.22. The van der Waals surface area contributed by atoms with Crippen LogP contribution in [0.15, 0.2) is 48.6 Å². The molecule has 13 heavy (non-hydrogen) atoms. The molecule has 0 aromatic carbocycles. The fraction of sp³-hybridized carbons (Fsp3) is 0.385. The SMILES string of the molecule is C=C/C(=C\C=CC(C)C(=C)C)CC. The van der Waals surface area contributed by atoms with Crippen LogP contribution in [0.25, 0.3) is 0 Å². The smallest absolute Gasteiger partial charge is 0.00540 e. The van der Waals surface area contributed by atoms with E-state index < -0.39 is 0 Å². The van der Waals surface area contributed by atoms with Gasteiger partial charge in [-0.15, -0.1) is 0 Å². The van der Waals surface area contributed by atoms with E-state index in [1.165, 1.54) is 11.1 Å². The van der Waals surface area contributed by atoms with E-state index in [-0.39, 0.29) is 0 Å². The number of allylic oxidation sites excluding steroid dienone is 6. The number of rotatable bonds is 5. The molecule has 0 rings (SSSR count). The van der Waals surface area contributed by atoms with Crippen LogP contribution in [0.5, 0.6) is 0 Å². The second-order valence-corrected chi connectivity index (χ2v) is 3.32. The maximum Gasteiger partial charge on any atom is -0.00540 e. The summed E-state index contributed by atoms with van der Waals surface area (Å²) in [5.74, 6) is 0.458. The molecule has 0 heteroatoms. The largest absolute Gasteiger partial charge is 0.0996 e. The summed E-state index contributed by atoms with van der Waals surface area (Å²) in [6.45, 7) is 14.0. The summed E-state index contributed by atoms with van der Waals surface area (Å²) in [5, 5.41) is 0. The normalized spacial score (nSPS) is 14.5.